The molecule has 0 heterocycles. The van der Waals surface area contributed by atoms with Crippen molar-refractivity contribution in [1.29, 1.82) is 0 Å². The van der Waals surface area contributed by atoms with Crippen molar-refractivity contribution >= 4 is 22.6 Å². The second kappa shape index (κ2) is 9.34. The zero-order valence-corrected chi connectivity index (χ0v) is 19.3. The lowest BCUT2D eigenvalue weighted by Crippen LogP contribution is -2.10. The highest BCUT2D eigenvalue weighted by Crippen LogP contribution is 2.36. The maximum Gasteiger partial charge on any atom is 0.0461 e. The van der Waals surface area contributed by atoms with Crippen molar-refractivity contribution < 1.29 is 0 Å². The van der Waals surface area contributed by atoms with Gasteiger partial charge in [0, 0.05) is 23.0 Å². The Kier molecular flexibility index (Phi) is 5.95. The van der Waals surface area contributed by atoms with Gasteiger partial charge in [0.1, 0.15) is 0 Å². The number of aryl methyl sites for hydroxylation is 2. The van der Waals surface area contributed by atoms with Gasteiger partial charge in [-0.25, -0.2) is 0 Å². The third-order valence-corrected chi connectivity index (χ3v) is 6.37. The highest BCUT2D eigenvalue weighted by molar-refractivity contribution is 5.77. The van der Waals surface area contributed by atoms with Crippen LogP contribution < -0.4 is 4.90 Å². The Hall–Kier alpha value is -3.84. The van der Waals surface area contributed by atoms with E-state index >= 15 is 0 Å². The Morgan fingerprint density at radius 2 is 1.15 bits per heavy atom. The first kappa shape index (κ1) is 21.0. The minimum Gasteiger partial charge on any atom is -0.311 e. The summed E-state index contributed by atoms with van der Waals surface area (Å²) in [6, 6.07) is 37.1. The van der Waals surface area contributed by atoms with Gasteiger partial charge in [-0.2, -0.15) is 0 Å². The summed E-state index contributed by atoms with van der Waals surface area (Å²) in [5.74, 6) is 0.415. The molecule has 4 aromatic rings. The Labute approximate surface area is 197 Å². The van der Waals surface area contributed by atoms with Crippen molar-refractivity contribution in [3.8, 4) is 0 Å². The fourth-order valence-corrected chi connectivity index (χ4v) is 4.42. The summed E-state index contributed by atoms with van der Waals surface area (Å²) in [5.41, 5.74) is 10.0. The number of anilines is 3. The van der Waals surface area contributed by atoms with Crippen LogP contribution in [0.4, 0.5) is 17.1 Å². The standard InChI is InChI=1S/C32H29N/c1-24-8-12-26(13-9-24)27-14-16-28(17-15-27)29-18-22-32(23-19-29)33(30-6-4-3-5-7-30)31-20-10-25(2)11-21-31/h3-16,18-23,28H,17H2,1-2H3. The summed E-state index contributed by atoms with van der Waals surface area (Å²) in [6.45, 7) is 4.26. The minimum atomic E-state index is 0.415. The van der Waals surface area contributed by atoms with Crippen LogP contribution in [0.2, 0.25) is 0 Å². The monoisotopic (exact) mass is 427 g/mol. The van der Waals surface area contributed by atoms with Gasteiger partial charge < -0.3 is 4.90 Å². The number of benzene rings is 4. The van der Waals surface area contributed by atoms with Gasteiger partial charge in [-0.05, 0) is 73.4 Å². The first-order valence-corrected chi connectivity index (χ1v) is 11.6. The normalized spacial score (nSPS) is 15.2. The Morgan fingerprint density at radius 1 is 0.606 bits per heavy atom. The van der Waals surface area contributed by atoms with E-state index < -0.39 is 0 Å². The molecule has 0 N–H and O–H groups in total. The van der Waals surface area contributed by atoms with Gasteiger partial charge in [0.15, 0.2) is 0 Å². The molecule has 1 aliphatic rings. The molecule has 0 aliphatic heterocycles. The number of hydrogen-bond donors (Lipinski definition) is 0. The number of rotatable bonds is 5. The Balaban J connectivity index is 1.38. The van der Waals surface area contributed by atoms with E-state index in [9.17, 15) is 0 Å². The molecule has 0 bridgehead atoms. The van der Waals surface area contributed by atoms with Gasteiger partial charge in [-0.15, -0.1) is 0 Å². The fourth-order valence-electron chi connectivity index (χ4n) is 4.42. The topological polar surface area (TPSA) is 3.24 Å². The Bertz CT molecular complexity index is 1260. The van der Waals surface area contributed by atoms with Gasteiger partial charge in [0.2, 0.25) is 0 Å². The molecular weight excluding hydrogens is 398 g/mol. The second-order valence-electron chi connectivity index (χ2n) is 8.82. The summed E-state index contributed by atoms with van der Waals surface area (Å²) in [7, 11) is 0. The van der Waals surface area contributed by atoms with Gasteiger partial charge >= 0.3 is 0 Å². The molecule has 1 atom stereocenters. The van der Waals surface area contributed by atoms with Crippen molar-refractivity contribution in [3.63, 3.8) is 0 Å². The lowest BCUT2D eigenvalue weighted by molar-refractivity contribution is 0.856. The summed E-state index contributed by atoms with van der Waals surface area (Å²) >= 11 is 0. The number of para-hydroxylation sites is 1. The summed E-state index contributed by atoms with van der Waals surface area (Å²) in [4.78, 5) is 2.31. The van der Waals surface area contributed by atoms with Crippen LogP contribution in [0.1, 0.15) is 34.6 Å². The molecule has 4 aromatic carbocycles. The molecule has 0 spiro atoms. The first-order valence-electron chi connectivity index (χ1n) is 11.6. The van der Waals surface area contributed by atoms with Crippen molar-refractivity contribution in [3.05, 3.63) is 144 Å². The molecule has 0 radical (unpaired) electrons. The van der Waals surface area contributed by atoms with E-state index in [4.69, 9.17) is 0 Å². The maximum absolute atomic E-state index is 2.37. The molecule has 0 aromatic heterocycles. The Morgan fingerprint density at radius 3 is 1.73 bits per heavy atom. The van der Waals surface area contributed by atoms with Gasteiger partial charge in [0.05, 0.1) is 0 Å². The van der Waals surface area contributed by atoms with Gasteiger partial charge in [-0.3, -0.25) is 0 Å². The van der Waals surface area contributed by atoms with E-state index in [2.05, 4.69) is 140 Å². The molecule has 162 valence electrons. The minimum absolute atomic E-state index is 0.415. The average molecular weight is 428 g/mol. The zero-order valence-electron chi connectivity index (χ0n) is 19.3. The van der Waals surface area contributed by atoms with E-state index in [1.165, 1.54) is 39.2 Å². The lowest BCUT2D eigenvalue weighted by atomic mass is 9.88. The van der Waals surface area contributed by atoms with E-state index in [-0.39, 0.29) is 0 Å². The highest BCUT2D eigenvalue weighted by atomic mass is 15.1. The molecule has 0 saturated carbocycles. The van der Waals surface area contributed by atoms with Crippen LogP contribution in [-0.4, -0.2) is 0 Å². The summed E-state index contributed by atoms with van der Waals surface area (Å²) in [5, 5.41) is 0. The average Bonchev–Trinajstić information content (AvgIpc) is 2.87. The van der Waals surface area contributed by atoms with Crippen molar-refractivity contribution in [2.75, 3.05) is 4.90 Å². The van der Waals surface area contributed by atoms with Crippen molar-refractivity contribution in [2.45, 2.75) is 26.2 Å². The number of nitrogens with zero attached hydrogens (tertiary/aromatic N) is 1. The van der Waals surface area contributed by atoms with Gasteiger partial charge in [0.25, 0.3) is 0 Å². The highest BCUT2D eigenvalue weighted by Gasteiger charge is 2.15. The summed E-state index contributed by atoms with van der Waals surface area (Å²) < 4.78 is 0. The van der Waals surface area contributed by atoms with Crippen LogP contribution in [0.3, 0.4) is 0 Å². The van der Waals surface area contributed by atoms with Crippen molar-refractivity contribution in [2.24, 2.45) is 0 Å². The van der Waals surface area contributed by atoms with Crippen molar-refractivity contribution in [1.82, 2.24) is 0 Å². The van der Waals surface area contributed by atoms with E-state index in [1.807, 2.05) is 0 Å². The molecule has 1 nitrogen and oxygen atoms in total. The molecule has 0 amide bonds. The number of allylic oxidation sites excluding steroid dienone is 4. The predicted octanol–water partition coefficient (Wildman–Crippen LogP) is 8.90. The zero-order chi connectivity index (χ0) is 22.6. The molecular formula is C32H29N. The molecule has 1 aliphatic carbocycles. The van der Waals surface area contributed by atoms with Crippen LogP contribution in [0, 0.1) is 13.8 Å². The van der Waals surface area contributed by atoms with Crippen LogP contribution in [0.15, 0.2) is 121 Å². The summed E-state index contributed by atoms with van der Waals surface area (Å²) in [6.07, 6.45) is 8.01. The molecule has 33 heavy (non-hydrogen) atoms. The largest absolute Gasteiger partial charge is 0.311 e. The quantitative estimate of drug-likeness (QED) is 0.307. The third-order valence-electron chi connectivity index (χ3n) is 6.37. The SMILES string of the molecule is Cc1ccc(C2=CCC(c3ccc(N(c4ccccc4)c4ccc(C)cc4)cc3)C=C2)cc1. The van der Waals surface area contributed by atoms with E-state index in [0.717, 1.165) is 12.1 Å². The third kappa shape index (κ3) is 4.68. The van der Waals surface area contributed by atoms with Crippen LogP contribution >= 0.6 is 0 Å². The predicted molar refractivity (Wildman–Crippen MR) is 142 cm³/mol. The maximum atomic E-state index is 2.37. The van der Waals surface area contributed by atoms with Crippen LogP contribution in [0.5, 0.6) is 0 Å². The number of hydrogen-bond acceptors (Lipinski definition) is 1. The molecule has 0 saturated heterocycles. The fraction of sp³-hybridized carbons (Fsp3) is 0.125. The van der Waals surface area contributed by atoms with E-state index in [1.54, 1.807) is 0 Å². The second-order valence-corrected chi connectivity index (χ2v) is 8.82. The van der Waals surface area contributed by atoms with E-state index in [0.29, 0.717) is 5.92 Å². The van der Waals surface area contributed by atoms with Gasteiger partial charge in [-0.1, -0.05) is 96.1 Å². The molecule has 5 rings (SSSR count). The van der Waals surface area contributed by atoms with Crippen LogP contribution in [0.25, 0.3) is 5.57 Å². The lowest BCUT2D eigenvalue weighted by Gasteiger charge is -2.26. The molecule has 1 heteroatoms. The molecule has 0 fully saturated rings. The van der Waals surface area contributed by atoms with Crippen LogP contribution in [-0.2, 0) is 0 Å². The molecule has 1 unspecified atom stereocenters. The first-order chi connectivity index (χ1) is 16.2. The smallest absolute Gasteiger partial charge is 0.0461 e.